The van der Waals surface area contributed by atoms with Crippen molar-refractivity contribution in [3.8, 4) is 0 Å². The van der Waals surface area contributed by atoms with Gasteiger partial charge in [-0.1, -0.05) is 20.8 Å². The highest BCUT2D eigenvalue weighted by Crippen LogP contribution is 2.18. The summed E-state index contributed by atoms with van der Waals surface area (Å²) in [5.41, 5.74) is 6.09. The van der Waals surface area contributed by atoms with Gasteiger partial charge in [0.05, 0.1) is 10.0 Å². The molecular formula is C12H20BrN3O. The molecule has 0 saturated carbocycles. The Morgan fingerprint density at radius 3 is 2.59 bits per heavy atom. The molecule has 0 aliphatic rings. The van der Waals surface area contributed by atoms with E-state index in [1.54, 1.807) is 18.0 Å². The number of halogens is 1. The standard InChI is InChI=1S/C10H14BrN3O.C2H6/c1-3-4-14(2)10(15)7-5-8(11)9(12)13-6-7;1-2/h5-6H,3-4H2,1-2H3,(H2,12,13);1-2H3. The van der Waals surface area contributed by atoms with Gasteiger partial charge in [0.25, 0.3) is 5.91 Å². The highest BCUT2D eigenvalue weighted by molar-refractivity contribution is 9.10. The molecule has 0 unspecified atom stereocenters. The van der Waals surface area contributed by atoms with Gasteiger partial charge in [0.2, 0.25) is 0 Å². The van der Waals surface area contributed by atoms with Crippen LogP contribution in [0.2, 0.25) is 0 Å². The van der Waals surface area contributed by atoms with Gasteiger partial charge in [0, 0.05) is 19.8 Å². The van der Waals surface area contributed by atoms with Gasteiger partial charge in [-0.15, -0.1) is 0 Å². The van der Waals surface area contributed by atoms with E-state index in [4.69, 9.17) is 5.73 Å². The van der Waals surface area contributed by atoms with Crippen molar-refractivity contribution in [1.29, 1.82) is 0 Å². The molecule has 0 saturated heterocycles. The molecule has 1 aromatic heterocycles. The van der Waals surface area contributed by atoms with E-state index in [2.05, 4.69) is 20.9 Å². The minimum atomic E-state index is -0.0370. The van der Waals surface area contributed by atoms with Gasteiger partial charge in [-0.25, -0.2) is 4.98 Å². The van der Waals surface area contributed by atoms with E-state index >= 15 is 0 Å². The van der Waals surface area contributed by atoms with Crippen molar-refractivity contribution in [1.82, 2.24) is 9.88 Å². The Hall–Kier alpha value is -1.10. The van der Waals surface area contributed by atoms with Crippen molar-refractivity contribution < 1.29 is 4.79 Å². The van der Waals surface area contributed by atoms with Crippen molar-refractivity contribution in [2.75, 3.05) is 19.3 Å². The number of nitrogens with zero attached hydrogens (tertiary/aromatic N) is 2. The lowest BCUT2D eigenvalue weighted by Crippen LogP contribution is -2.27. The molecule has 17 heavy (non-hydrogen) atoms. The molecule has 0 radical (unpaired) electrons. The van der Waals surface area contributed by atoms with Crippen LogP contribution in [0.3, 0.4) is 0 Å². The van der Waals surface area contributed by atoms with Crippen LogP contribution >= 0.6 is 15.9 Å². The average Bonchev–Trinajstić information content (AvgIpc) is 2.34. The number of rotatable bonds is 3. The fraction of sp³-hybridized carbons (Fsp3) is 0.500. The molecule has 1 rings (SSSR count). The fourth-order valence-corrected chi connectivity index (χ4v) is 1.57. The highest BCUT2D eigenvalue weighted by Gasteiger charge is 2.12. The topological polar surface area (TPSA) is 59.2 Å². The second kappa shape index (κ2) is 8.06. The first-order valence-corrected chi connectivity index (χ1v) is 6.52. The molecule has 0 aliphatic heterocycles. The Labute approximate surface area is 111 Å². The molecule has 4 nitrogen and oxygen atoms in total. The van der Waals surface area contributed by atoms with E-state index in [-0.39, 0.29) is 5.91 Å². The summed E-state index contributed by atoms with van der Waals surface area (Å²) in [5, 5.41) is 0. The second-order valence-corrected chi connectivity index (χ2v) is 4.17. The minimum Gasteiger partial charge on any atom is -0.383 e. The molecule has 1 amide bonds. The third-order valence-electron chi connectivity index (χ3n) is 2.02. The van der Waals surface area contributed by atoms with Gasteiger partial charge in [0.1, 0.15) is 5.82 Å². The maximum atomic E-state index is 11.8. The van der Waals surface area contributed by atoms with Crippen LogP contribution in [-0.4, -0.2) is 29.4 Å². The van der Waals surface area contributed by atoms with Crippen molar-refractivity contribution in [2.45, 2.75) is 27.2 Å². The first-order valence-electron chi connectivity index (χ1n) is 5.72. The van der Waals surface area contributed by atoms with E-state index in [0.717, 1.165) is 13.0 Å². The van der Waals surface area contributed by atoms with E-state index in [9.17, 15) is 4.79 Å². The van der Waals surface area contributed by atoms with Gasteiger partial charge in [-0.05, 0) is 28.4 Å². The monoisotopic (exact) mass is 301 g/mol. The summed E-state index contributed by atoms with van der Waals surface area (Å²) in [4.78, 5) is 17.4. The Bertz CT molecular complexity index is 369. The third kappa shape index (κ3) is 4.73. The lowest BCUT2D eigenvalue weighted by Gasteiger charge is -2.15. The van der Waals surface area contributed by atoms with Crippen LogP contribution in [-0.2, 0) is 0 Å². The summed E-state index contributed by atoms with van der Waals surface area (Å²) in [7, 11) is 1.77. The summed E-state index contributed by atoms with van der Waals surface area (Å²) in [5.74, 6) is 0.356. The van der Waals surface area contributed by atoms with E-state index < -0.39 is 0 Å². The van der Waals surface area contributed by atoms with Crippen LogP contribution in [0.25, 0.3) is 0 Å². The zero-order valence-electron chi connectivity index (χ0n) is 10.8. The molecule has 0 fully saturated rings. The molecule has 2 N–H and O–H groups in total. The molecule has 0 aromatic carbocycles. The quantitative estimate of drug-likeness (QED) is 0.934. The molecule has 0 bridgehead atoms. The summed E-state index contributed by atoms with van der Waals surface area (Å²) in [6.07, 6.45) is 2.43. The van der Waals surface area contributed by atoms with Gasteiger partial charge < -0.3 is 10.6 Å². The van der Waals surface area contributed by atoms with Crippen molar-refractivity contribution in [3.63, 3.8) is 0 Å². The maximum absolute atomic E-state index is 11.8. The molecule has 0 spiro atoms. The first kappa shape index (κ1) is 15.9. The van der Waals surface area contributed by atoms with Crippen molar-refractivity contribution >= 4 is 27.7 Å². The molecule has 0 atom stereocenters. The smallest absolute Gasteiger partial charge is 0.255 e. The number of pyridine rings is 1. The number of nitrogens with two attached hydrogens (primary N) is 1. The van der Waals surface area contributed by atoms with Gasteiger partial charge >= 0.3 is 0 Å². The molecule has 1 aromatic rings. The lowest BCUT2D eigenvalue weighted by molar-refractivity contribution is 0.0794. The van der Waals surface area contributed by atoms with E-state index in [1.165, 1.54) is 6.20 Å². The molecule has 5 heteroatoms. The number of anilines is 1. The third-order valence-corrected chi connectivity index (χ3v) is 2.66. The largest absolute Gasteiger partial charge is 0.383 e. The summed E-state index contributed by atoms with van der Waals surface area (Å²) < 4.78 is 0.651. The Morgan fingerprint density at radius 1 is 1.53 bits per heavy atom. The number of hydrogen-bond donors (Lipinski definition) is 1. The summed E-state index contributed by atoms with van der Waals surface area (Å²) in [6, 6.07) is 1.69. The Kier molecular flexibility index (Phi) is 7.54. The lowest BCUT2D eigenvalue weighted by atomic mass is 10.2. The SMILES string of the molecule is CC.CCCN(C)C(=O)c1cnc(N)c(Br)c1. The van der Waals surface area contributed by atoms with Crippen LogP contribution < -0.4 is 5.73 Å². The van der Waals surface area contributed by atoms with E-state index in [1.807, 2.05) is 20.8 Å². The molecule has 0 aliphatic carbocycles. The Balaban J connectivity index is 0.00000121. The molecule has 1 heterocycles. The normalized spacial score (nSPS) is 9.24. The molecular weight excluding hydrogens is 282 g/mol. The minimum absolute atomic E-state index is 0.0370. The zero-order chi connectivity index (χ0) is 13.4. The van der Waals surface area contributed by atoms with Gasteiger partial charge in [-0.2, -0.15) is 0 Å². The van der Waals surface area contributed by atoms with Crippen LogP contribution in [0.1, 0.15) is 37.6 Å². The Morgan fingerprint density at radius 2 is 2.12 bits per heavy atom. The summed E-state index contributed by atoms with van der Waals surface area (Å²) >= 11 is 3.24. The predicted octanol–water partition coefficient (Wildman–Crippen LogP) is 2.93. The van der Waals surface area contributed by atoms with Crippen LogP contribution in [0.5, 0.6) is 0 Å². The predicted molar refractivity (Wildman–Crippen MR) is 74.9 cm³/mol. The number of amides is 1. The van der Waals surface area contributed by atoms with Crippen LogP contribution in [0.4, 0.5) is 5.82 Å². The fourth-order valence-electron chi connectivity index (χ4n) is 1.22. The van der Waals surface area contributed by atoms with Gasteiger partial charge in [0.15, 0.2) is 0 Å². The zero-order valence-corrected chi connectivity index (χ0v) is 12.4. The maximum Gasteiger partial charge on any atom is 0.255 e. The number of nitrogen functional groups attached to an aromatic ring is 1. The number of carbonyl (C=O) groups excluding carboxylic acids is 1. The molecule has 96 valence electrons. The highest BCUT2D eigenvalue weighted by atomic mass is 79.9. The number of carbonyl (C=O) groups is 1. The van der Waals surface area contributed by atoms with Crippen LogP contribution in [0, 0.1) is 0 Å². The second-order valence-electron chi connectivity index (χ2n) is 3.32. The summed E-state index contributed by atoms with van der Waals surface area (Å²) in [6.45, 7) is 6.77. The van der Waals surface area contributed by atoms with Gasteiger partial charge in [-0.3, -0.25) is 4.79 Å². The van der Waals surface area contributed by atoms with Crippen LogP contribution in [0.15, 0.2) is 16.7 Å². The van der Waals surface area contributed by atoms with Crippen molar-refractivity contribution in [3.05, 3.63) is 22.3 Å². The average molecular weight is 302 g/mol. The number of aromatic nitrogens is 1. The first-order chi connectivity index (χ1) is 8.06. The van der Waals surface area contributed by atoms with Crippen molar-refractivity contribution in [2.24, 2.45) is 0 Å². The number of hydrogen-bond acceptors (Lipinski definition) is 3. The van der Waals surface area contributed by atoms with E-state index in [0.29, 0.717) is 15.9 Å².